The van der Waals surface area contributed by atoms with Crippen molar-refractivity contribution in [1.82, 2.24) is 15.1 Å². The number of rotatable bonds is 9. The van der Waals surface area contributed by atoms with Gasteiger partial charge in [-0.3, -0.25) is 14.4 Å². The Morgan fingerprint density at radius 2 is 1.92 bits per heavy atom. The average Bonchev–Trinajstić information content (AvgIpc) is 3.16. The minimum atomic E-state index is -1.17. The third-order valence-corrected chi connectivity index (χ3v) is 7.81. The summed E-state index contributed by atoms with van der Waals surface area (Å²) in [6, 6.07) is 16.6. The van der Waals surface area contributed by atoms with Gasteiger partial charge < -0.3 is 30.3 Å². The second-order valence-corrected chi connectivity index (χ2v) is 11.3. The topological polar surface area (TPSA) is 114 Å². The van der Waals surface area contributed by atoms with E-state index in [0.717, 1.165) is 11.1 Å². The Bertz CT molecular complexity index is 1180. The lowest BCUT2D eigenvalue weighted by Gasteiger charge is -2.43. The second-order valence-electron chi connectivity index (χ2n) is 11.3. The van der Waals surface area contributed by atoms with Gasteiger partial charge in [0.2, 0.25) is 17.7 Å². The Balaban J connectivity index is 1.53. The van der Waals surface area contributed by atoms with Crippen LogP contribution in [0.5, 0.6) is 5.75 Å². The Morgan fingerprint density at radius 3 is 2.62 bits per heavy atom. The molecule has 0 radical (unpaired) electrons. The molecule has 2 saturated heterocycles. The first-order chi connectivity index (χ1) is 18.5. The summed E-state index contributed by atoms with van der Waals surface area (Å²) in [5.74, 6) is 0.0292. The van der Waals surface area contributed by atoms with Gasteiger partial charge in [-0.05, 0) is 49.9 Å². The van der Waals surface area contributed by atoms with Gasteiger partial charge in [0.1, 0.15) is 11.8 Å². The molecule has 9 nitrogen and oxygen atoms in total. The maximum atomic E-state index is 13.9. The molecule has 2 aromatic carbocycles. The Morgan fingerprint density at radius 1 is 1.18 bits per heavy atom. The van der Waals surface area contributed by atoms with Crippen LogP contribution >= 0.6 is 0 Å². The number of hydrogen-bond acceptors (Lipinski definition) is 6. The van der Waals surface area contributed by atoms with Gasteiger partial charge in [-0.15, -0.1) is 0 Å². The van der Waals surface area contributed by atoms with Gasteiger partial charge >= 0.3 is 0 Å². The first-order valence-electron chi connectivity index (χ1n) is 13.4. The summed E-state index contributed by atoms with van der Waals surface area (Å²) in [4.78, 5) is 43.8. The molecule has 0 aliphatic carbocycles. The van der Waals surface area contributed by atoms with Crippen molar-refractivity contribution in [3.8, 4) is 5.75 Å². The van der Waals surface area contributed by atoms with E-state index in [1.165, 1.54) is 0 Å². The molecule has 3 amide bonds. The lowest BCUT2D eigenvalue weighted by molar-refractivity contribution is -0.147. The molecule has 2 unspecified atom stereocenters. The number of hydrogen-bond donors (Lipinski definition) is 2. The summed E-state index contributed by atoms with van der Waals surface area (Å²) >= 11 is 0. The summed E-state index contributed by atoms with van der Waals surface area (Å²) in [7, 11) is 3.42. The number of likely N-dealkylation sites (N-methyl/N-ethyl adjacent to an activating group) is 1. The number of carbonyl (C=O) groups is 3. The highest BCUT2D eigenvalue weighted by molar-refractivity contribution is 5.92. The highest BCUT2D eigenvalue weighted by atomic mass is 16.5. The van der Waals surface area contributed by atoms with Crippen LogP contribution in [0, 0.1) is 5.41 Å². The number of piperidine rings is 1. The summed E-state index contributed by atoms with van der Waals surface area (Å²) < 4.78 is 11.2. The lowest BCUT2D eigenvalue weighted by atomic mass is 9.69. The average molecular weight is 537 g/mol. The molecular formula is C30H40N4O5. The zero-order valence-electron chi connectivity index (χ0n) is 23.3. The maximum absolute atomic E-state index is 13.9. The third-order valence-electron chi connectivity index (χ3n) is 7.81. The predicted octanol–water partition coefficient (Wildman–Crippen LogP) is 2.30. The van der Waals surface area contributed by atoms with Crippen LogP contribution in [0.1, 0.15) is 43.7 Å². The minimum absolute atomic E-state index is 0.0212. The molecule has 4 rings (SSSR count). The molecule has 3 N–H and O–H groups in total. The molecule has 2 aliphatic rings. The van der Waals surface area contributed by atoms with Crippen LogP contribution < -0.4 is 15.8 Å². The normalized spacial score (nSPS) is 22.2. The van der Waals surface area contributed by atoms with Gasteiger partial charge in [-0.1, -0.05) is 42.5 Å². The standard InChI is InChI=1S/C30H40N4O5/c1-29(2,31)27(36)32-25(19-39-18-21-10-8-13-23(16-21)38-4)26(35)34-15-9-14-30(20-34)24(17-33(3)28(30)37)22-11-6-5-7-12-22/h5-8,10-13,16,24-25H,9,14-15,17-20,31H2,1-4H3,(H,32,36)/t24?,25-,30?/m1/s1. The summed E-state index contributed by atoms with van der Waals surface area (Å²) in [6.45, 7) is 4.80. The summed E-state index contributed by atoms with van der Waals surface area (Å²) in [5, 5.41) is 2.80. The van der Waals surface area contributed by atoms with Crippen molar-refractivity contribution in [3.63, 3.8) is 0 Å². The number of amides is 3. The molecule has 2 aliphatic heterocycles. The molecule has 9 heteroatoms. The summed E-state index contributed by atoms with van der Waals surface area (Å²) in [6.07, 6.45) is 1.40. The summed E-state index contributed by atoms with van der Waals surface area (Å²) in [5.41, 5.74) is 6.14. The molecule has 2 fully saturated rings. The van der Waals surface area contributed by atoms with Crippen LogP contribution in [-0.2, 0) is 25.7 Å². The van der Waals surface area contributed by atoms with Crippen molar-refractivity contribution in [2.75, 3.05) is 40.4 Å². The van der Waals surface area contributed by atoms with Crippen molar-refractivity contribution in [2.45, 2.75) is 50.8 Å². The second kappa shape index (κ2) is 11.8. The van der Waals surface area contributed by atoms with E-state index < -0.39 is 22.9 Å². The molecule has 0 bridgehead atoms. The highest BCUT2D eigenvalue weighted by Gasteiger charge is 2.55. The number of carbonyl (C=O) groups excluding carboxylic acids is 3. The molecule has 0 aromatic heterocycles. The van der Waals surface area contributed by atoms with Gasteiger partial charge in [0.05, 0.1) is 31.3 Å². The van der Waals surface area contributed by atoms with Gasteiger partial charge in [0, 0.05) is 32.6 Å². The Hall–Kier alpha value is -3.43. The molecule has 0 saturated carbocycles. The van der Waals surface area contributed by atoms with Gasteiger partial charge in [-0.25, -0.2) is 0 Å². The van der Waals surface area contributed by atoms with Gasteiger partial charge in [0.25, 0.3) is 0 Å². The number of likely N-dealkylation sites (tertiary alicyclic amines) is 2. The fourth-order valence-electron chi connectivity index (χ4n) is 5.70. The van der Waals surface area contributed by atoms with Crippen molar-refractivity contribution < 1.29 is 23.9 Å². The molecule has 39 heavy (non-hydrogen) atoms. The fourth-order valence-corrected chi connectivity index (χ4v) is 5.70. The Labute approximate surface area is 230 Å². The van der Waals surface area contributed by atoms with E-state index in [2.05, 4.69) is 17.4 Å². The maximum Gasteiger partial charge on any atom is 0.247 e. The van der Waals surface area contributed by atoms with E-state index in [0.29, 0.717) is 38.2 Å². The smallest absolute Gasteiger partial charge is 0.247 e. The van der Waals surface area contributed by atoms with Crippen molar-refractivity contribution in [1.29, 1.82) is 0 Å². The van der Waals surface area contributed by atoms with Crippen LogP contribution in [0.25, 0.3) is 0 Å². The lowest BCUT2D eigenvalue weighted by Crippen LogP contribution is -2.60. The number of ether oxygens (including phenoxy) is 2. The largest absolute Gasteiger partial charge is 0.497 e. The van der Waals surface area contributed by atoms with Crippen LogP contribution in [0.2, 0.25) is 0 Å². The van der Waals surface area contributed by atoms with Crippen LogP contribution in [0.4, 0.5) is 0 Å². The van der Waals surface area contributed by atoms with Crippen molar-refractivity contribution in [2.24, 2.45) is 11.1 Å². The van der Waals surface area contributed by atoms with E-state index in [9.17, 15) is 14.4 Å². The van der Waals surface area contributed by atoms with Crippen molar-refractivity contribution in [3.05, 3.63) is 65.7 Å². The zero-order chi connectivity index (χ0) is 28.2. The van der Waals surface area contributed by atoms with E-state index in [4.69, 9.17) is 15.2 Å². The van der Waals surface area contributed by atoms with Crippen LogP contribution in [0.3, 0.4) is 0 Å². The van der Waals surface area contributed by atoms with Crippen LogP contribution in [0.15, 0.2) is 54.6 Å². The molecule has 2 aromatic rings. The third kappa shape index (κ3) is 6.25. The molecular weight excluding hydrogens is 496 g/mol. The first-order valence-corrected chi connectivity index (χ1v) is 13.4. The van der Waals surface area contributed by atoms with E-state index in [1.54, 1.807) is 30.8 Å². The quantitative estimate of drug-likeness (QED) is 0.508. The number of benzene rings is 2. The van der Waals surface area contributed by atoms with Crippen molar-refractivity contribution >= 4 is 17.7 Å². The van der Waals surface area contributed by atoms with E-state index >= 15 is 0 Å². The van der Waals surface area contributed by atoms with E-state index in [-0.39, 0.29) is 30.9 Å². The number of methoxy groups -OCH3 is 1. The van der Waals surface area contributed by atoms with Crippen LogP contribution in [-0.4, -0.2) is 79.5 Å². The highest BCUT2D eigenvalue weighted by Crippen LogP contribution is 2.49. The monoisotopic (exact) mass is 536 g/mol. The Kier molecular flexibility index (Phi) is 8.61. The number of nitrogens with one attached hydrogen (secondary N) is 1. The molecule has 210 valence electrons. The molecule has 1 spiro atoms. The van der Waals surface area contributed by atoms with E-state index in [1.807, 2.05) is 49.5 Å². The van der Waals surface area contributed by atoms with Gasteiger partial charge in [-0.2, -0.15) is 0 Å². The predicted molar refractivity (Wildman–Crippen MR) is 148 cm³/mol. The molecule has 3 atom stereocenters. The fraction of sp³-hybridized carbons (Fsp3) is 0.500. The first kappa shape index (κ1) is 28.6. The number of nitrogens with zero attached hydrogens (tertiary/aromatic N) is 2. The molecule has 2 heterocycles. The SMILES string of the molecule is COc1cccc(COC[C@@H](NC(=O)C(C)(C)N)C(=O)N2CCCC3(C2)C(=O)N(C)CC3c2ccccc2)c1. The number of nitrogens with two attached hydrogens (primary N) is 1. The van der Waals surface area contributed by atoms with Gasteiger partial charge in [0.15, 0.2) is 0 Å². The minimum Gasteiger partial charge on any atom is -0.497 e. The zero-order valence-corrected chi connectivity index (χ0v) is 23.3.